The second-order valence-electron chi connectivity index (χ2n) is 5.47. The fraction of sp³-hybridized carbons (Fsp3) is 1.00. The van der Waals surface area contributed by atoms with Gasteiger partial charge in [-0.25, -0.2) is 8.42 Å². The van der Waals surface area contributed by atoms with Gasteiger partial charge in [-0.15, -0.1) is 0 Å². The number of sulfone groups is 1. The fourth-order valence-corrected chi connectivity index (χ4v) is 3.84. The summed E-state index contributed by atoms with van der Waals surface area (Å²) in [4.78, 5) is 0. The summed E-state index contributed by atoms with van der Waals surface area (Å²) in [5, 5.41) is 0. The lowest BCUT2D eigenvalue weighted by atomic mass is 9.94. The van der Waals surface area contributed by atoms with E-state index in [4.69, 9.17) is 10.5 Å². The van der Waals surface area contributed by atoms with Gasteiger partial charge in [0, 0.05) is 19.3 Å². The number of rotatable bonds is 8. The monoisotopic (exact) mass is 277 g/mol. The second-order valence-corrected chi connectivity index (χ2v) is 7.77. The molecule has 18 heavy (non-hydrogen) atoms. The van der Waals surface area contributed by atoms with E-state index in [0.717, 1.165) is 51.2 Å². The first-order valence-corrected chi connectivity index (χ1v) is 8.85. The van der Waals surface area contributed by atoms with Crippen LogP contribution in [-0.4, -0.2) is 39.2 Å². The first kappa shape index (κ1) is 15.9. The lowest BCUT2D eigenvalue weighted by molar-refractivity contribution is 0.0633. The number of ether oxygens (including phenoxy) is 1. The number of hydrogen-bond acceptors (Lipinski definition) is 4. The predicted octanol–water partition coefficient (Wildman–Crippen LogP) is 1.74. The van der Waals surface area contributed by atoms with Crippen LogP contribution in [-0.2, 0) is 14.6 Å². The van der Waals surface area contributed by atoms with Gasteiger partial charge in [0.05, 0.1) is 11.5 Å². The summed E-state index contributed by atoms with van der Waals surface area (Å²) < 4.78 is 28.7. The number of hydrogen-bond donors (Lipinski definition) is 1. The fourth-order valence-electron chi connectivity index (χ4n) is 2.26. The zero-order valence-corrected chi connectivity index (χ0v) is 12.3. The lowest BCUT2D eigenvalue weighted by Crippen LogP contribution is -2.21. The summed E-state index contributed by atoms with van der Waals surface area (Å²) in [7, 11) is -2.88. The first-order chi connectivity index (χ1) is 8.49. The van der Waals surface area contributed by atoms with Crippen molar-refractivity contribution >= 4 is 9.84 Å². The van der Waals surface area contributed by atoms with Crippen molar-refractivity contribution in [2.45, 2.75) is 51.5 Å². The number of nitrogens with two attached hydrogens (primary N) is 1. The molecular weight excluding hydrogens is 250 g/mol. The third-order valence-electron chi connectivity index (χ3n) is 3.54. The average Bonchev–Trinajstić information content (AvgIpc) is 2.34. The molecule has 0 aromatic rings. The van der Waals surface area contributed by atoms with Gasteiger partial charge in [0.2, 0.25) is 0 Å². The molecule has 1 aliphatic heterocycles. The van der Waals surface area contributed by atoms with Crippen LogP contribution in [0.4, 0.5) is 0 Å². The maximum Gasteiger partial charge on any atom is 0.150 e. The maximum absolute atomic E-state index is 11.7. The van der Waals surface area contributed by atoms with Crippen LogP contribution >= 0.6 is 0 Å². The molecule has 1 saturated heterocycles. The minimum Gasteiger partial charge on any atom is -0.381 e. The van der Waals surface area contributed by atoms with E-state index >= 15 is 0 Å². The van der Waals surface area contributed by atoms with E-state index < -0.39 is 9.84 Å². The summed E-state index contributed by atoms with van der Waals surface area (Å²) in [5.74, 6) is 1.30. The largest absolute Gasteiger partial charge is 0.381 e. The molecule has 1 atom stereocenters. The van der Waals surface area contributed by atoms with Crippen LogP contribution in [0, 0.1) is 5.92 Å². The van der Waals surface area contributed by atoms with Gasteiger partial charge in [0.25, 0.3) is 0 Å². The van der Waals surface area contributed by atoms with Crippen molar-refractivity contribution < 1.29 is 13.2 Å². The van der Waals surface area contributed by atoms with Gasteiger partial charge >= 0.3 is 0 Å². The molecule has 5 heteroatoms. The summed E-state index contributed by atoms with van der Waals surface area (Å²) in [6, 6.07) is -0.0259. The Labute approximate surface area is 111 Å². The summed E-state index contributed by atoms with van der Waals surface area (Å²) >= 11 is 0. The van der Waals surface area contributed by atoms with Crippen molar-refractivity contribution in [3.8, 4) is 0 Å². The Kier molecular flexibility index (Phi) is 7.19. The standard InChI is InChI=1S/C13H27NO3S/c1-12(14)7-11-18(15,16)10-3-2-4-13-5-8-17-9-6-13/h12-13H,2-11,14H2,1H3. The Hall–Kier alpha value is -0.130. The summed E-state index contributed by atoms with van der Waals surface area (Å²) in [6.45, 7) is 3.59. The molecule has 108 valence electrons. The Bertz CT molecular complexity index is 308. The van der Waals surface area contributed by atoms with Crippen LogP contribution in [0.15, 0.2) is 0 Å². The Morgan fingerprint density at radius 3 is 2.50 bits per heavy atom. The molecular formula is C13H27NO3S. The SMILES string of the molecule is CC(N)CCS(=O)(=O)CCCCC1CCOCC1. The molecule has 1 heterocycles. The van der Waals surface area contributed by atoms with Crippen LogP contribution < -0.4 is 5.73 Å². The third-order valence-corrected chi connectivity index (χ3v) is 5.31. The molecule has 1 unspecified atom stereocenters. The Morgan fingerprint density at radius 1 is 1.22 bits per heavy atom. The quantitative estimate of drug-likeness (QED) is 0.686. The molecule has 0 aliphatic carbocycles. The van der Waals surface area contributed by atoms with Gasteiger partial charge < -0.3 is 10.5 Å². The second kappa shape index (κ2) is 8.12. The Morgan fingerprint density at radius 2 is 1.89 bits per heavy atom. The molecule has 0 amide bonds. The predicted molar refractivity (Wildman–Crippen MR) is 74.3 cm³/mol. The minimum atomic E-state index is -2.88. The molecule has 1 fully saturated rings. The molecule has 4 nitrogen and oxygen atoms in total. The molecule has 0 spiro atoms. The average molecular weight is 277 g/mol. The van der Waals surface area contributed by atoms with Gasteiger partial charge in [-0.3, -0.25) is 0 Å². The minimum absolute atomic E-state index is 0.0259. The van der Waals surface area contributed by atoms with Gasteiger partial charge in [0.1, 0.15) is 9.84 Å². The zero-order chi connectivity index (χ0) is 13.4. The van der Waals surface area contributed by atoms with Gasteiger partial charge in [-0.05, 0) is 38.5 Å². The molecule has 1 aliphatic rings. The maximum atomic E-state index is 11.7. The van der Waals surface area contributed by atoms with E-state index in [-0.39, 0.29) is 11.8 Å². The van der Waals surface area contributed by atoms with E-state index in [9.17, 15) is 8.42 Å². The van der Waals surface area contributed by atoms with E-state index in [2.05, 4.69) is 0 Å². The highest BCUT2D eigenvalue weighted by atomic mass is 32.2. The van der Waals surface area contributed by atoms with Crippen molar-refractivity contribution in [1.82, 2.24) is 0 Å². The van der Waals surface area contributed by atoms with Crippen molar-refractivity contribution in [1.29, 1.82) is 0 Å². The van der Waals surface area contributed by atoms with Crippen LogP contribution in [0.25, 0.3) is 0 Å². The van der Waals surface area contributed by atoms with E-state index in [1.807, 2.05) is 6.92 Å². The topological polar surface area (TPSA) is 69.4 Å². The molecule has 0 saturated carbocycles. The van der Waals surface area contributed by atoms with Crippen LogP contribution in [0.2, 0.25) is 0 Å². The molecule has 0 bridgehead atoms. The van der Waals surface area contributed by atoms with Crippen molar-refractivity contribution in [2.75, 3.05) is 24.7 Å². The zero-order valence-electron chi connectivity index (χ0n) is 11.4. The van der Waals surface area contributed by atoms with Crippen LogP contribution in [0.5, 0.6) is 0 Å². The highest BCUT2D eigenvalue weighted by Crippen LogP contribution is 2.20. The smallest absolute Gasteiger partial charge is 0.150 e. The molecule has 0 radical (unpaired) electrons. The lowest BCUT2D eigenvalue weighted by Gasteiger charge is -2.21. The van der Waals surface area contributed by atoms with Crippen LogP contribution in [0.1, 0.15) is 45.4 Å². The summed E-state index contributed by atoms with van der Waals surface area (Å²) in [6.07, 6.45) is 5.80. The number of unbranched alkanes of at least 4 members (excludes halogenated alkanes) is 1. The highest BCUT2D eigenvalue weighted by molar-refractivity contribution is 7.91. The van der Waals surface area contributed by atoms with E-state index in [1.54, 1.807) is 0 Å². The van der Waals surface area contributed by atoms with Crippen molar-refractivity contribution in [2.24, 2.45) is 11.7 Å². The molecule has 0 aromatic heterocycles. The Balaban J connectivity index is 2.08. The molecule has 1 rings (SSSR count). The highest BCUT2D eigenvalue weighted by Gasteiger charge is 2.15. The first-order valence-electron chi connectivity index (χ1n) is 7.03. The summed E-state index contributed by atoms with van der Waals surface area (Å²) in [5.41, 5.74) is 5.58. The van der Waals surface area contributed by atoms with Gasteiger partial charge in [-0.1, -0.05) is 12.8 Å². The van der Waals surface area contributed by atoms with Gasteiger partial charge in [0.15, 0.2) is 0 Å². The molecule has 0 aromatic carbocycles. The van der Waals surface area contributed by atoms with E-state index in [0.29, 0.717) is 12.2 Å². The third kappa shape index (κ3) is 7.34. The van der Waals surface area contributed by atoms with Crippen LogP contribution in [0.3, 0.4) is 0 Å². The van der Waals surface area contributed by atoms with Crippen molar-refractivity contribution in [3.63, 3.8) is 0 Å². The van der Waals surface area contributed by atoms with Gasteiger partial charge in [-0.2, -0.15) is 0 Å². The van der Waals surface area contributed by atoms with E-state index in [1.165, 1.54) is 0 Å². The van der Waals surface area contributed by atoms with Crippen molar-refractivity contribution in [3.05, 3.63) is 0 Å². The normalized spacial score (nSPS) is 19.9. The molecule has 2 N–H and O–H groups in total.